The van der Waals surface area contributed by atoms with Crippen LogP contribution in [0.5, 0.6) is 0 Å². The summed E-state index contributed by atoms with van der Waals surface area (Å²) in [5, 5.41) is 33.1. The van der Waals surface area contributed by atoms with E-state index in [1.165, 1.54) is 0 Å². The molecule has 6 fully saturated rings. The van der Waals surface area contributed by atoms with Gasteiger partial charge in [-0.05, 0) is 95.5 Å². The third-order valence-corrected chi connectivity index (χ3v) is 12.9. The molecule has 12 atom stereocenters. The van der Waals surface area contributed by atoms with E-state index < -0.39 is 41.6 Å². The first kappa shape index (κ1) is 28.7. The summed E-state index contributed by atoms with van der Waals surface area (Å²) >= 11 is 0. The van der Waals surface area contributed by atoms with Gasteiger partial charge in [-0.2, -0.15) is 0 Å². The Bertz CT molecular complexity index is 1090. The molecule has 2 saturated heterocycles. The summed E-state index contributed by atoms with van der Waals surface area (Å²) in [6, 6.07) is 0. The Morgan fingerprint density at radius 1 is 1.00 bits per heavy atom. The first-order valence-electron chi connectivity index (χ1n) is 15.9. The Hall–Kier alpha value is -1.07. The lowest BCUT2D eigenvalue weighted by Crippen LogP contribution is -2.73. The molecule has 41 heavy (non-hydrogen) atoms. The Morgan fingerprint density at radius 2 is 1.78 bits per heavy atom. The van der Waals surface area contributed by atoms with Gasteiger partial charge in [-0.15, -0.1) is 0 Å². The van der Waals surface area contributed by atoms with Crippen LogP contribution in [0, 0.1) is 28.6 Å². The fraction of sp³-hybridized carbons (Fsp3) is 0.906. The predicted octanol–water partition coefficient (Wildman–Crippen LogP) is 3.37. The number of aliphatic hydroxyl groups is 3. The third kappa shape index (κ3) is 4.09. The van der Waals surface area contributed by atoms with Gasteiger partial charge in [0.05, 0.1) is 36.1 Å². The van der Waals surface area contributed by atoms with Crippen LogP contribution in [0.25, 0.3) is 0 Å². The van der Waals surface area contributed by atoms with Crippen molar-refractivity contribution in [3.63, 3.8) is 0 Å². The van der Waals surface area contributed by atoms with Crippen LogP contribution >= 0.6 is 0 Å². The maximum Gasteiger partial charge on any atom is 0.331 e. The van der Waals surface area contributed by atoms with Gasteiger partial charge < -0.3 is 39.0 Å². The molecule has 4 aliphatic carbocycles. The minimum absolute atomic E-state index is 0.0899. The van der Waals surface area contributed by atoms with Crippen LogP contribution in [0.4, 0.5) is 0 Å². The van der Waals surface area contributed by atoms with Gasteiger partial charge in [-0.3, -0.25) is 0 Å². The van der Waals surface area contributed by atoms with E-state index in [2.05, 4.69) is 6.92 Å². The molecule has 7 aliphatic rings. The molecule has 0 amide bonds. The lowest BCUT2D eigenvalue weighted by Gasteiger charge is -2.70. The second-order valence-corrected chi connectivity index (χ2v) is 15.1. The number of hydrogen-bond acceptors (Lipinski definition) is 9. The van der Waals surface area contributed by atoms with Gasteiger partial charge in [0.2, 0.25) is 0 Å². The number of aliphatic hydroxyl groups excluding tert-OH is 2. The number of fused-ring (bicyclic) bond motifs is 3. The van der Waals surface area contributed by atoms with Gasteiger partial charge in [0, 0.05) is 29.7 Å². The highest BCUT2D eigenvalue weighted by Crippen LogP contribution is 2.72. The van der Waals surface area contributed by atoms with E-state index >= 15 is 0 Å². The van der Waals surface area contributed by atoms with Crippen molar-refractivity contribution in [2.45, 2.75) is 140 Å². The van der Waals surface area contributed by atoms with Crippen molar-refractivity contribution in [3.05, 3.63) is 11.6 Å². The van der Waals surface area contributed by atoms with Crippen LogP contribution in [0.15, 0.2) is 11.6 Å². The van der Waals surface area contributed by atoms with Crippen LogP contribution in [-0.4, -0.2) is 82.2 Å². The highest BCUT2D eigenvalue weighted by Gasteiger charge is 2.73. The van der Waals surface area contributed by atoms with Crippen LogP contribution in [0.1, 0.15) is 91.9 Å². The zero-order chi connectivity index (χ0) is 29.0. The molecule has 9 heteroatoms. The number of cyclic esters (lactones) is 1. The average Bonchev–Trinajstić information content (AvgIpc) is 3.45. The smallest absolute Gasteiger partial charge is 0.331 e. The molecule has 0 radical (unpaired) electrons. The Morgan fingerprint density at radius 3 is 2.51 bits per heavy atom. The van der Waals surface area contributed by atoms with Crippen molar-refractivity contribution < 1.29 is 43.8 Å². The van der Waals surface area contributed by atoms with Gasteiger partial charge >= 0.3 is 5.97 Å². The largest absolute Gasteiger partial charge is 0.458 e. The van der Waals surface area contributed by atoms with Gasteiger partial charge in [-0.25, -0.2) is 4.79 Å². The van der Waals surface area contributed by atoms with Crippen LogP contribution in [0.3, 0.4) is 0 Å². The molecule has 230 valence electrons. The second kappa shape index (κ2) is 9.46. The Labute approximate surface area is 242 Å². The standard InChI is InChI=1S/C32H48O9/c1-18-27(35)24(33)14-26(39-18)40-20-5-10-30-17-38-28(2,3)41-31(30,15-20)11-7-23-22(30)6-9-29(4)21(8-12-32(23,29)36)19-13-25(34)37-16-19/h13,18,20-24,26-27,33,35-36H,5-12,14-17H2,1-4H3/t18-,20+,21-,22+,23-,24+,26-,27-,29-,30+,31?,32?/m1/s1. The van der Waals surface area contributed by atoms with E-state index in [0.29, 0.717) is 13.2 Å². The molecule has 9 nitrogen and oxygen atoms in total. The summed E-state index contributed by atoms with van der Waals surface area (Å²) in [5.41, 5.74) is -0.704. The molecule has 3 aliphatic heterocycles. The van der Waals surface area contributed by atoms with Crippen molar-refractivity contribution in [2.24, 2.45) is 28.6 Å². The minimum Gasteiger partial charge on any atom is -0.458 e. The summed E-state index contributed by atoms with van der Waals surface area (Å²) in [6.45, 7) is 8.98. The Balaban J connectivity index is 1.16. The van der Waals surface area contributed by atoms with Gasteiger partial charge in [0.25, 0.3) is 0 Å². The van der Waals surface area contributed by atoms with Crippen molar-refractivity contribution >= 4 is 5.97 Å². The minimum atomic E-state index is -0.904. The highest BCUT2D eigenvalue weighted by atomic mass is 16.7. The van der Waals surface area contributed by atoms with E-state index in [9.17, 15) is 20.1 Å². The van der Waals surface area contributed by atoms with Crippen LogP contribution in [-0.2, 0) is 28.5 Å². The molecule has 3 N–H and O–H groups in total. The third-order valence-electron chi connectivity index (χ3n) is 12.9. The lowest BCUT2D eigenvalue weighted by atomic mass is 9.41. The number of esters is 1. The van der Waals surface area contributed by atoms with Crippen molar-refractivity contribution in [2.75, 3.05) is 13.2 Å². The fourth-order valence-electron chi connectivity index (χ4n) is 10.9. The van der Waals surface area contributed by atoms with Crippen molar-refractivity contribution in [3.8, 4) is 0 Å². The summed E-state index contributed by atoms with van der Waals surface area (Å²) in [4.78, 5) is 11.9. The summed E-state index contributed by atoms with van der Waals surface area (Å²) in [6.07, 6.45) is 6.67. The number of ether oxygens (including phenoxy) is 5. The van der Waals surface area contributed by atoms with E-state index in [-0.39, 0.29) is 47.1 Å². The van der Waals surface area contributed by atoms with E-state index in [1.54, 1.807) is 13.0 Å². The molecule has 2 unspecified atom stereocenters. The van der Waals surface area contributed by atoms with E-state index in [4.69, 9.17) is 23.7 Å². The zero-order valence-electron chi connectivity index (χ0n) is 25.0. The first-order valence-corrected chi connectivity index (χ1v) is 15.9. The van der Waals surface area contributed by atoms with Gasteiger partial charge in [0.1, 0.15) is 12.7 Å². The van der Waals surface area contributed by atoms with Gasteiger partial charge in [0.15, 0.2) is 12.1 Å². The lowest BCUT2D eigenvalue weighted by molar-refractivity contribution is -0.407. The number of carbonyl (C=O) groups excluding carboxylic acids is 1. The maximum atomic E-state index is 12.7. The topological polar surface area (TPSA) is 124 Å². The molecule has 0 aromatic heterocycles. The molecule has 7 rings (SSSR count). The molecule has 0 aromatic carbocycles. The van der Waals surface area contributed by atoms with E-state index in [0.717, 1.165) is 63.4 Å². The molecule has 0 bridgehead atoms. The van der Waals surface area contributed by atoms with E-state index in [1.807, 2.05) is 13.8 Å². The normalized spacial score (nSPS) is 54.3. The van der Waals surface area contributed by atoms with Crippen molar-refractivity contribution in [1.29, 1.82) is 0 Å². The van der Waals surface area contributed by atoms with Gasteiger partial charge in [-0.1, -0.05) is 6.92 Å². The van der Waals surface area contributed by atoms with Crippen LogP contribution < -0.4 is 0 Å². The summed E-state index contributed by atoms with van der Waals surface area (Å²) < 4.78 is 31.2. The second-order valence-electron chi connectivity index (χ2n) is 15.1. The van der Waals surface area contributed by atoms with Crippen LogP contribution in [0.2, 0.25) is 0 Å². The Kier molecular flexibility index (Phi) is 6.62. The summed E-state index contributed by atoms with van der Waals surface area (Å²) in [7, 11) is 0. The average molecular weight is 577 g/mol. The quantitative estimate of drug-likeness (QED) is 0.343. The zero-order valence-corrected chi connectivity index (χ0v) is 25.0. The molecular weight excluding hydrogens is 528 g/mol. The molecule has 0 spiro atoms. The highest BCUT2D eigenvalue weighted by molar-refractivity contribution is 5.85. The molecular formula is C32H48O9. The fourth-order valence-corrected chi connectivity index (χ4v) is 10.9. The van der Waals surface area contributed by atoms with Crippen molar-refractivity contribution in [1.82, 2.24) is 0 Å². The SMILES string of the molecule is C[C@H]1O[C@H](O[C@H]2CC[C@@]34COC(C)(C)OC3(CC[C@@H]3[C@@H]4CC[C@]4(C)[C@@H](C5=CC(=O)OC5)CCC34O)C2)C[C@H](O)[C@@H]1O. The molecule has 3 heterocycles. The first-order chi connectivity index (χ1) is 19.3. The number of hydrogen-bond donors (Lipinski definition) is 3. The molecule has 4 saturated carbocycles. The number of carbonyl (C=O) groups is 1. The maximum absolute atomic E-state index is 12.7. The predicted molar refractivity (Wildman–Crippen MR) is 146 cm³/mol. The number of rotatable bonds is 3. The molecule has 0 aromatic rings. The monoisotopic (exact) mass is 576 g/mol. The summed E-state index contributed by atoms with van der Waals surface area (Å²) in [5.74, 6) is -0.399.